The maximum Gasteiger partial charge on any atom is 0.274 e. The molecule has 2 aliphatic heterocycles. The van der Waals surface area contributed by atoms with Gasteiger partial charge in [-0.1, -0.05) is 0 Å². The summed E-state index contributed by atoms with van der Waals surface area (Å²) in [6.07, 6.45) is 1.43. The number of amides is 1. The summed E-state index contributed by atoms with van der Waals surface area (Å²) >= 11 is 0. The summed E-state index contributed by atoms with van der Waals surface area (Å²) in [6, 6.07) is 5.72. The van der Waals surface area contributed by atoms with E-state index in [-0.39, 0.29) is 30.3 Å². The van der Waals surface area contributed by atoms with Gasteiger partial charge in [0.05, 0.1) is 26.5 Å². The molecule has 2 aromatic rings. The number of fused-ring (bicyclic) bond motifs is 1. The van der Waals surface area contributed by atoms with Crippen LogP contribution < -0.4 is 15.8 Å². The number of pyridine rings is 1. The van der Waals surface area contributed by atoms with Crippen molar-refractivity contribution >= 4 is 28.0 Å². The normalized spacial score (nSPS) is 26.2. The van der Waals surface area contributed by atoms with E-state index >= 15 is 4.39 Å². The Balaban J connectivity index is 1.74. The second-order valence-corrected chi connectivity index (χ2v) is 11.5. The Bertz CT molecular complexity index is 1160. The lowest BCUT2D eigenvalue weighted by atomic mass is 9.87. The molecule has 0 spiro atoms. The first kappa shape index (κ1) is 23.4. The van der Waals surface area contributed by atoms with E-state index in [1.54, 1.807) is 26.8 Å². The molecular formula is C22H27FN4O5S. The van der Waals surface area contributed by atoms with E-state index in [2.05, 4.69) is 15.3 Å². The number of hydrogen-bond acceptors (Lipinski definition) is 8. The highest BCUT2D eigenvalue weighted by molar-refractivity contribution is 8.26. The molecule has 33 heavy (non-hydrogen) atoms. The molecule has 1 aromatic carbocycles. The van der Waals surface area contributed by atoms with Crippen molar-refractivity contribution in [1.29, 1.82) is 0 Å². The molecule has 5 N–H and O–H groups in total. The number of amidine groups is 1. The minimum atomic E-state index is -3.36. The highest BCUT2D eigenvalue weighted by atomic mass is 32.3. The summed E-state index contributed by atoms with van der Waals surface area (Å²) in [6.45, 7) is 4.85. The Morgan fingerprint density at radius 1 is 1.36 bits per heavy atom. The largest absolute Gasteiger partial charge is 0.495 e. The van der Waals surface area contributed by atoms with Gasteiger partial charge in [0.2, 0.25) is 0 Å². The van der Waals surface area contributed by atoms with Crippen molar-refractivity contribution in [2.45, 2.75) is 36.3 Å². The van der Waals surface area contributed by atoms with Crippen LogP contribution in [0.5, 0.6) is 5.75 Å². The number of aromatic nitrogens is 1. The number of carbonyl (C=O) groups excluding carboxylic acids is 1. The minimum Gasteiger partial charge on any atom is -0.495 e. The molecule has 1 amide bonds. The molecule has 0 unspecified atom stereocenters. The zero-order chi connectivity index (χ0) is 24.2. The van der Waals surface area contributed by atoms with E-state index in [0.29, 0.717) is 17.0 Å². The summed E-state index contributed by atoms with van der Waals surface area (Å²) in [5.74, 6) is -0.569. The van der Waals surface area contributed by atoms with Crippen LogP contribution in [0, 0.1) is 12.7 Å². The fourth-order valence-corrected chi connectivity index (χ4v) is 6.36. The van der Waals surface area contributed by atoms with Gasteiger partial charge in [-0.3, -0.25) is 18.9 Å². The van der Waals surface area contributed by atoms with Crippen molar-refractivity contribution in [2.75, 3.05) is 25.6 Å². The highest BCUT2D eigenvalue weighted by Gasteiger charge is 2.61. The van der Waals surface area contributed by atoms with Crippen LogP contribution in [0.15, 0.2) is 35.5 Å². The minimum absolute atomic E-state index is 0.00642. The third-order valence-corrected chi connectivity index (χ3v) is 9.43. The van der Waals surface area contributed by atoms with Gasteiger partial charge in [0.15, 0.2) is 0 Å². The molecule has 1 aromatic heterocycles. The van der Waals surface area contributed by atoms with Crippen LogP contribution >= 0.6 is 10.6 Å². The summed E-state index contributed by atoms with van der Waals surface area (Å²) in [7, 11) is -1.85. The van der Waals surface area contributed by atoms with Crippen molar-refractivity contribution in [2.24, 2.45) is 10.7 Å². The number of aliphatic imine (C=N–C) groups is 1. The third kappa shape index (κ3) is 3.55. The topological polar surface area (TPSA) is 139 Å². The number of hydrogen-bond donors (Lipinski definition) is 4. The second kappa shape index (κ2) is 7.94. The zero-order valence-electron chi connectivity index (χ0n) is 18.8. The first-order valence-electron chi connectivity index (χ1n) is 10.3. The number of methoxy groups -OCH3 is 1. The quantitative estimate of drug-likeness (QED) is 0.529. The first-order chi connectivity index (χ1) is 15.4. The number of ether oxygens (including phenoxy) is 2. The molecule has 11 heteroatoms. The Hall–Kier alpha value is -2.73. The summed E-state index contributed by atoms with van der Waals surface area (Å²) in [4.78, 5) is 21.5. The lowest BCUT2D eigenvalue weighted by Gasteiger charge is -2.56. The molecular weight excluding hydrogens is 451 g/mol. The number of nitrogens with zero attached hydrogens (tertiary/aromatic N) is 2. The van der Waals surface area contributed by atoms with E-state index in [1.165, 1.54) is 31.5 Å². The van der Waals surface area contributed by atoms with Crippen LogP contribution in [0.25, 0.3) is 0 Å². The molecule has 1 saturated heterocycles. The predicted molar refractivity (Wildman–Crippen MR) is 125 cm³/mol. The van der Waals surface area contributed by atoms with Crippen molar-refractivity contribution in [1.82, 2.24) is 4.98 Å². The van der Waals surface area contributed by atoms with E-state index in [4.69, 9.17) is 15.2 Å². The molecule has 4 rings (SSSR count). The van der Waals surface area contributed by atoms with E-state index < -0.39 is 37.9 Å². The molecule has 2 atom stereocenters. The number of nitrogens with one attached hydrogen (secondary N) is 1. The molecule has 0 saturated carbocycles. The molecule has 2 aliphatic rings. The highest BCUT2D eigenvalue weighted by Crippen LogP contribution is 2.66. The Kier molecular flexibility index (Phi) is 5.64. The second-order valence-electron chi connectivity index (χ2n) is 8.72. The molecule has 3 heterocycles. The molecule has 0 radical (unpaired) electrons. The number of benzene rings is 1. The van der Waals surface area contributed by atoms with Crippen LogP contribution in [0.4, 0.5) is 10.1 Å². The lowest BCUT2D eigenvalue weighted by molar-refractivity contribution is 0.102. The summed E-state index contributed by atoms with van der Waals surface area (Å²) in [5.41, 5.74) is 5.88. The van der Waals surface area contributed by atoms with Gasteiger partial charge in [0.25, 0.3) is 5.91 Å². The van der Waals surface area contributed by atoms with Gasteiger partial charge in [-0.25, -0.2) is 9.37 Å². The number of anilines is 1. The zero-order valence-corrected chi connectivity index (χ0v) is 19.6. The number of carbonyl (C=O) groups is 1. The SMILES string of the molecule is COc1cnc(C(=O)Nc2ccc(F)c([C@]34COC[C@@H]3S(O)(O)C(C)(C)C(N)=N4)c2)c(C)c1. The van der Waals surface area contributed by atoms with Crippen molar-refractivity contribution in [3.63, 3.8) is 0 Å². The average Bonchev–Trinajstić information content (AvgIpc) is 3.19. The summed E-state index contributed by atoms with van der Waals surface area (Å²) < 4.78 is 46.8. The standard InChI is InChI=1S/C22H27FN4O5S/c1-12-7-14(31-4)9-25-18(12)19(28)26-13-5-6-16(23)15(8-13)22-11-32-10-17(22)33(29,30)21(2,3)20(24)27-22/h5-9,17,29-30H,10-11H2,1-4H3,(H2,24,27)(H,26,28)/t17-,22+/m0/s1. The monoisotopic (exact) mass is 478 g/mol. The maximum atomic E-state index is 15.1. The molecule has 9 nitrogen and oxygen atoms in total. The van der Waals surface area contributed by atoms with Crippen LogP contribution in [0.3, 0.4) is 0 Å². The predicted octanol–water partition coefficient (Wildman–Crippen LogP) is 3.28. The molecule has 1 fully saturated rings. The Morgan fingerprint density at radius 2 is 2.09 bits per heavy atom. The van der Waals surface area contributed by atoms with Crippen molar-refractivity contribution in [3.8, 4) is 5.75 Å². The van der Waals surface area contributed by atoms with Gasteiger partial charge in [-0.2, -0.15) is 10.6 Å². The smallest absolute Gasteiger partial charge is 0.274 e. The van der Waals surface area contributed by atoms with Crippen LogP contribution in [-0.4, -0.2) is 56.2 Å². The number of rotatable bonds is 4. The fourth-order valence-electron chi connectivity index (χ4n) is 4.22. The molecule has 178 valence electrons. The van der Waals surface area contributed by atoms with Crippen molar-refractivity contribution in [3.05, 3.63) is 53.1 Å². The Morgan fingerprint density at radius 3 is 2.76 bits per heavy atom. The van der Waals surface area contributed by atoms with E-state index in [9.17, 15) is 13.9 Å². The number of nitrogens with two attached hydrogens (primary N) is 1. The lowest BCUT2D eigenvalue weighted by Crippen LogP contribution is -2.57. The Labute approximate surface area is 192 Å². The molecule has 0 aliphatic carbocycles. The van der Waals surface area contributed by atoms with Gasteiger partial charge in [-0.05, 0) is 50.6 Å². The van der Waals surface area contributed by atoms with E-state index in [0.717, 1.165) is 0 Å². The van der Waals surface area contributed by atoms with E-state index in [1.807, 2.05) is 0 Å². The summed E-state index contributed by atoms with van der Waals surface area (Å²) in [5, 5.41) is 1.83. The van der Waals surface area contributed by atoms with Gasteiger partial charge in [0.1, 0.15) is 38.6 Å². The van der Waals surface area contributed by atoms with Crippen molar-refractivity contribution < 1.29 is 27.8 Å². The van der Waals surface area contributed by atoms with Crippen LogP contribution in [0.2, 0.25) is 0 Å². The third-order valence-electron chi connectivity index (χ3n) is 6.40. The van der Waals surface area contributed by atoms with Gasteiger partial charge >= 0.3 is 0 Å². The van der Waals surface area contributed by atoms with Gasteiger partial charge < -0.3 is 20.5 Å². The molecule has 0 bridgehead atoms. The van der Waals surface area contributed by atoms with Crippen LogP contribution in [0.1, 0.15) is 35.5 Å². The average molecular weight is 479 g/mol. The number of aryl methyl sites for hydroxylation is 1. The number of halogens is 1. The van der Waals surface area contributed by atoms with Gasteiger partial charge in [0, 0.05) is 11.3 Å². The first-order valence-corrected chi connectivity index (χ1v) is 11.9. The van der Waals surface area contributed by atoms with Crippen LogP contribution in [-0.2, 0) is 10.3 Å². The fraction of sp³-hybridized carbons (Fsp3) is 0.409. The maximum absolute atomic E-state index is 15.1. The van der Waals surface area contributed by atoms with Gasteiger partial charge in [-0.15, -0.1) is 0 Å².